The van der Waals surface area contributed by atoms with Crippen LogP contribution in [0.25, 0.3) is 0 Å². The number of hydrogen-bond acceptors (Lipinski definition) is 2. The second-order valence-corrected chi connectivity index (χ2v) is 5.08. The fourth-order valence-corrected chi connectivity index (χ4v) is 2.24. The second-order valence-electron chi connectivity index (χ2n) is 5.08. The van der Waals surface area contributed by atoms with Gasteiger partial charge in [0.15, 0.2) is 0 Å². The predicted octanol–water partition coefficient (Wildman–Crippen LogP) is 1.97. The molecule has 0 aliphatic carbocycles. The molecule has 102 valence electrons. The zero-order valence-electron chi connectivity index (χ0n) is 11.5. The van der Waals surface area contributed by atoms with Crippen LogP contribution in [0.1, 0.15) is 31.4 Å². The Morgan fingerprint density at radius 1 is 1.16 bits per heavy atom. The number of nitrogens with two attached hydrogens (primary N) is 1. The first-order chi connectivity index (χ1) is 9.13. The fourth-order valence-electron chi connectivity index (χ4n) is 2.24. The quantitative estimate of drug-likeness (QED) is 0.892. The van der Waals surface area contributed by atoms with E-state index in [-0.39, 0.29) is 17.6 Å². The summed E-state index contributed by atoms with van der Waals surface area (Å²) in [4.78, 5) is 12.2. The highest BCUT2D eigenvalue weighted by Gasteiger charge is 2.13. The van der Waals surface area contributed by atoms with Crippen molar-refractivity contribution in [1.82, 2.24) is 9.13 Å². The molecule has 19 heavy (non-hydrogen) atoms. The van der Waals surface area contributed by atoms with E-state index in [4.69, 9.17) is 5.73 Å². The largest absolute Gasteiger partial charge is 0.330 e. The summed E-state index contributed by atoms with van der Waals surface area (Å²) in [5.41, 5.74) is 7.05. The maximum atomic E-state index is 12.2. The average molecular weight is 259 g/mol. The van der Waals surface area contributed by atoms with Gasteiger partial charge in [0.2, 0.25) is 0 Å². The van der Waals surface area contributed by atoms with Crippen molar-refractivity contribution in [2.75, 3.05) is 6.54 Å². The molecule has 2 N–H and O–H groups in total. The first-order valence-electron chi connectivity index (χ1n) is 6.65. The Labute approximate surface area is 113 Å². The summed E-state index contributed by atoms with van der Waals surface area (Å²) in [5.74, 6) is 0.168. The maximum absolute atomic E-state index is 12.2. The van der Waals surface area contributed by atoms with Gasteiger partial charge < -0.3 is 5.73 Å². The Morgan fingerprint density at radius 3 is 2.37 bits per heavy atom. The lowest BCUT2D eigenvalue weighted by Gasteiger charge is -2.15. The molecule has 0 saturated heterocycles. The van der Waals surface area contributed by atoms with Gasteiger partial charge in [-0.05, 0) is 19.4 Å². The van der Waals surface area contributed by atoms with Crippen LogP contribution in [0, 0.1) is 0 Å². The highest BCUT2D eigenvalue weighted by Crippen LogP contribution is 2.15. The molecule has 1 aromatic heterocycles. The summed E-state index contributed by atoms with van der Waals surface area (Å²) in [6, 6.07) is 10.3. The normalized spacial score (nSPS) is 12.8. The SMILES string of the molecule is CC(C)n1ccn(CC(CN)c2ccccc2)c1=O. The van der Waals surface area contributed by atoms with E-state index in [1.165, 1.54) is 5.56 Å². The van der Waals surface area contributed by atoms with Crippen LogP contribution in [0.5, 0.6) is 0 Å². The third-order valence-corrected chi connectivity index (χ3v) is 3.40. The third kappa shape index (κ3) is 2.96. The average Bonchev–Trinajstić information content (AvgIpc) is 2.78. The number of aromatic nitrogens is 2. The third-order valence-electron chi connectivity index (χ3n) is 3.40. The monoisotopic (exact) mass is 259 g/mol. The van der Waals surface area contributed by atoms with Crippen molar-refractivity contribution >= 4 is 0 Å². The van der Waals surface area contributed by atoms with Gasteiger partial charge in [0.1, 0.15) is 0 Å². The predicted molar refractivity (Wildman–Crippen MR) is 77.3 cm³/mol. The molecule has 1 aromatic carbocycles. The summed E-state index contributed by atoms with van der Waals surface area (Å²) < 4.78 is 3.48. The van der Waals surface area contributed by atoms with Gasteiger partial charge >= 0.3 is 5.69 Å². The molecule has 1 heterocycles. The van der Waals surface area contributed by atoms with E-state index < -0.39 is 0 Å². The Morgan fingerprint density at radius 2 is 1.84 bits per heavy atom. The molecule has 2 rings (SSSR count). The summed E-state index contributed by atoms with van der Waals surface area (Å²) in [6.07, 6.45) is 3.68. The number of imidazole rings is 1. The van der Waals surface area contributed by atoms with Crippen LogP contribution in [0.4, 0.5) is 0 Å². The maximum Gasteiger partial charge on any atom is 0.328 e. The van der Waals surface area contributed by atoms with E-state index in [1.54, 1.807) is 9.13 Å². The summed E-state index contributed by atoms with van der Waals surface area (Å²) >= 11 is 0. The number of nitrogens with zero attached hydrogens (tertiary/aromatic N) is 2. The number of rotatable bonds is 5. The molecular weight excluding hydrogens is 238 g/mol. The highest BCUT2D eigenvalue weighted by molar-refractivity contribution is 5.19. The van der Waals surface area contributed by atoms with Gasteiger partial charge in [-0.15, -0.1) is 0 Å². The molecule has 0 bridgehead atoms. The van der Waals surface area contributed by atoms with Crippen molar-refractivity contribution in [2.45, 2.75) is 32.4 Å². The van der Waals surface area contributed by atoms with E-state index in [0.29, 0.717) is 13.1 Å². The standard InChI is InChI=1S/C15H21N3O/c1-12(2)18-9-8-17(15(18)19)11-14(10-16)13-6-4-3-5-7-13/h3-9,12,14H,10-11,16H2,1-2H3. The molecule has 1 atom stereocenters. The second kappa shape index (κ2) is 5.89. The van der Waals surface area contributed by atoms with E-state index in [9.17, 15) is 4.79 Å². The van der Waals surface area contributed by atoms with E-state index in [1.807, 2.05) is 44.4 Å². The smallest absolute Gasteiger partial charge is 0.328 e. The molecule has 0 spiro atoms. The van der Waals surface area contributed by atoms with Crippen molar-refractivity contribution in [3.05, 3.63) is 58.8 Å². The first kappa shape index (κ1) is 13.6. The number of hydrogen-bond donors (Lipinski definition) is 1. The molecule has 1 unspecified atom stereocenters. The van der Waals surface area contributed by atoms with Crippen molar-refractivity contribution in [3.8, 4) is 0 Å². The van der Waals surface area contributed by atoms with Gasteiger partial charge in [-0.1, -0.05) is 30.3 Å². The lowest BCUT2D eigenvalue weighted by Crippen LogP contribution is -2.29. The molecular formula is C15H21N3O. The van der Waals surface area contributed by atoms with Crippen LogP contribution >= 0.6 is 0 Å². The molecule has 4 heteroatoms. The summed E-state index contributed by atoms with van der Waals surface area (Å²) in [5, 5.41) is 0. The Hall–Kier alpha value is -1.81. The van der Waals surface area contributed by atoms with Gasteiger partial charge in [-0.2, -0.15) is 0 Å². The van der Waals surface area contributed by atoms with Crippen molar-refractivity contribution < 1.29 is 0 Å². The Balaban J connectivity index is 2.22. The van der Waals surface area contributed by atoms with Gasteiger partial charge in [0.05, 0.1) is 0 Å². The van der Waals surface area contributed by atoms with Gasteiger partial charge in [0, 0.05) is 37.4 Å². The summed E-state index contributed by atoms with van der Waals surface area (Å²) in [6.45, 7) is 5.16. The van der Waals surface area contributed by atoms with Crippen LogP contribution in [0.2, 0.25) is 0 Å². The minimum Gasteiger partial charge on any atom is -0.330 e. The van der Waals surface area contributed by atoms with Crippen molar-refractivity contribution in [3.63, 3.8) is 0 Å². The van der Waals surface area contributed by atoms with Crippen molar-refractivity contribution in [1.29, 1.82) is 0 Å². The van der Waals surface area contributed by atoms with Crippen LogP contribution in [-0.4, -0.2) is 15.7 Å². The molecule has 0 saturated carbocycles. The van der Waals surface area contributed by atoms with Crippen LogP contribution < -0.4 is 11.4 Å². The molecule has 0 fully saturated rings. The van der Waals surface area contributed by atoms with E-state index in [2.05, 4.69) is 12.1 Å². The fraction of sp³-hybridized carbons (Fsp3) is 0.400. The summed E-state index contributed by atoms with van der Waals surface area (Å²) in [7, 11) is 0. The zero-order valence-corrected chi connectivity index (χ0v) is 11.5. The van der Waals surface area contributed by atoms with Crippen LogP contribution in [0.15, 0.2) is 47.5 Å². The van der Waals surface area contributed by atoms with Crippen LogP contribution in [0.3, 0.4) is 0 Å². The highest BCUT2D eigenvalue weighted by atomic mass is 16.1. The minimum absolute atomic E-state index is 0.0318. The van der Waals surface area contributed by atoms with Gasteiger partial charge in [0.25, 0.3) is 0 Å². The molecule has 0 radical (unpaired) electrons. The lowest BCUT2D eigenvalue weighted by molar-refractivity contribution is 0.516. The van der Waals surface area contributed by atoms with E-state index in [0.717, 1.165) is 0 Å². The topological polar surface area (TPSA) is 52.9 Å². The van der Waals surface area contributed by atoms with E-state index >= 15 is 0 Å². The molecule has 4 nitrogen and oxygen atoms in total. The lowest BCUT2D eigenvalue weighted by atomic mass is 9.99. The van der Waals surface area contributed by atoms with Gasteiger partial charge in [-0.3, -0.25) is 9.13 Å². The molecule has 0 aliphatic heterocycles. The Kier molecular flexibility index (Phi) is 4.22. The number of benzene rings is 1. The Bertz CT molecular complexity index is 569. The molecule has 0 aliphatic rings. The molecule has 2 aromatic rings. The van der Waals surface area contributed by atoms with Crippen LogP contribution in [-0.2, 0) is 6.54 Å². The first-order valence-corrected chi connectivity index (χ1v) is 6.65. The van der Waals surface area contributed by atoms with Gasteiger partial charge in [-0.25, -0.2) is 4.79 Å². The van der Waals surface area contributed by atoms with Crippen molar-refractivity contribution in [2.24, 2.45) is 5.73 Å². The zero-order chi connectivity index (χ0) is 13.8. The molecule has 0 amide bonds. The minimum atomic E-state index is 0.0318.